The fourth-order valence-electron chi connectivity index (χ4n) is 2.66. The van der Waals surface area contributed by atoms with Crippen molar-refractivity contribution in [2.24, 2.45) is 9.98 Å². The SMILES string of the molecule is CC(C)c1cccc(C(C)C)c1N=Cc1cccc(C=NC(C)(C)C)n1. The van der Waals surface area contributed by atoms with Crippen LogP contribution >= 0.6 is 0 Å². The Labute approximate surface area is 158 Å². The fraction of sp³-hybridized carbons (Fsp3) is 0.435. The van der Waals surface area contributed by atoms with Gasteiger partial charge in [-0.25, -0.2) is 4.98 Å². The number of aliphatic imine (C=N–C) groups is 2. The molecule has 26 heavy (non-hydrogen) atoms. The monoisotopic (exact) mass is 349 g/mol. The van der Waals surface area contributed by atoms with Crippen molar-refractivity contribution in [2.75, 3.05) is 0 Å². The van der Waals surface area contributed by atoms with Crippen LogP contribution in [-0.2, 0) is 0 Å². The standard InChI is InChI=1S/C23H31N3/c1-16(2)20-12-9-13-21(17(3)4)22(20)24-14-18-10-8-11-19(26-18)15-25-23(5,6)7/h8-17H,1-7H3. The minimum absolute atomic E-state index is 0.103. The molecular formula is C23H31N3. The minimum Gasteiger partial charge on any atom is -0.285 e. The van der Waals surface area contributed by atoms with E-state index in [-0.39, 0.29) is 5.54 Å². The van der Waals surface area contributed by atoms with E-state index in [4.69, 9.17) is 4.99 Å². The Kier molecular flexibility index (Phi) is 6.47. The van der Waals surface area contributed by atoms with Crippen molar-refractivity contribution < 1.29 is 0 Å². The van der Waals surface area contributed by atoms with Gasteiger partial charge in [-0.05, 0) is 55.9 Å². The van der Waals surface area contributed by atoms with Gasteiger partial charge < -0.3 is 0 Å². The van der Waals surface area contributed by atoms with Crippen LogP contribution in [0, 0.1) is 0 Å². The van der Waals surface area contributed by atoms with E-state index in [0.717, 1.165) is 17.1 Å². The molecule has 0 aliphatic rings. The maximum atomic E-state index is 4.84. The average molecular weight is 350 g/mol. The molecule has 0 radical (unpaired) electrons. The first-order valence-corrected chi connectivity index (χ1v) is 9.36. The Morgan fingerprint density at radius 1 is 0.808 bits per heavy atom. The van der Waals surface area contributed by atoms with Gasteiger partial charge in [0.1, 0.15) is 0 Å². The lowest BCUT2D eigenvalue weighted by Gasteiger charge is -2.16. The number of hydrogen-bond acceptors (Lipinski definition) is 3. The fourth-order valence-corrected chi connectivity index (χ4v) is 2.66. The van der Waals surface area contributed by atoms with Gasteiger partial charge in [0, 0.05) is 6.21 Å². The number of para-hydroxylation sites is 1. The molecule has 2 aromatic rings. The number of rotatable bonds is 5. The third kappa shape index (κ3) is 5.62. The van der Waals surface area contributed by atoms with E-state index in [1.54, 1.807) is 0 Å². The summed E-state index contributed by atoms with van der Waals surface area (Å²) in [4.78, 5) is 14.0. The second-order valence-electron chi connectivity index (χ2n) is 8.27. The van der Waals surface area contributed by atoms with E-state index >= 15 is 0 Å². The van der Waals surface area contributed by atoms with Gasteiger partial charge in [-0.2, -0.15) is 0 Å². The van der Waals surface area contributed by atoms with Crippen LogP contribution in [0.25, 0.3) is 0 Å². The van der Waals surface area contributed by atoms with Crippen molar-refractivity contribution in [2.45, 2.75) is 65.8 Å². The molecule has 0 amide bonds. The molecule has 0 spiro atoms. The molecule has 1 aromatic heterocycles. The molecule has 1 aromatic carbocycles. The molecule has 0 aliphatic heterocycles. The van der Waals surface area contributed by atoms with Crippen LogP contribution < -0.4 is 0 Å². The first kappa shape index (κ1) is 20.0. The highest BCUT2D eigenvalue weighted by Gasteiger charge is 2.12. The first-order valence-electron chi connectivity index (χ1n) is 9.36. The van der Waals surface area contributed by atoms with Gasteiger partial charge in [-0.15, -0.1) is 0 Å². The third-order valence-electron chi connectivity index (χ3n) is 4.04. The summed E-state index contributed by atoms with van der Waals surface area (Å²) >= 11 is 0. The molecule has 0 fully saturated rings. The van der Waals surface area contributed by atoms with Crippen LogP contribution in [0.15, 0.2) is 46.4 Å². The summed E-state index contributed by atoms with van der Waals surface area (Å²) in [6.07, 6.45) is 3.69. The molecule has 0 saturated carbocycles. The van der Waals surface area contributed by atoms with Gasteiger partial charge in [0.25, 0.3) is 0 Å². The Bertz CT molecular complexity index is 767. The summed E-state index contributed by atoms with van der Waals surface area (Å²) in [5.41, 5.74) is 5.22. The highest BCUT2D eigenvalue weighted by molar-refractivity contribution is 5.83. The van der Waals surface area contributed by atoms with Crippen LogP contribution in [0.2, 0.25) is 0 Å². The topological polar surface area (TPSA) is 37.6 Å². The van der Waals surface area contributed by atoms with E-state index in [1.165, 1.54) is 11.1 Å². The predicted molar refractivity (Wildman–Crippen MR) is 113 cm³/mol. The van der Waals surface area contributed by atoms with E-state index < -0.39 is 0 Å². The Morgan fingerprint density at radius 3 is 1.81 bits per heavy atom. The molecule has 1 heterocycles. The quantitative estimate of drug-likeness (QED) is 0.584. The van der Waals surface area contributed by atoms with Crippen molar-refractivity contribution in [1.29, 1.82) is 0 Å². The summed E-state index contributed by atoms with van der Waals surface area (Å²) in [5.74, 6) is 0.859. The molecule has 2 rings (SSSR count). The van der Waals surface area contributed by atoms with E-state index in [0.29, 0.717) is 11.8 Å². The van der Waals surface area contributed by atoms with Gasteiger partial charge in [-0.1, -0.05) is 52.0 Å². The predicted octanol–water partition coefficient (Wildman–Crippen LogP) is 6.30. The smallest absolute Gasteiger partial charge is 0.0820 e. The highest BCUT2D eigenvalue weighted by Crippen LogP contribution is 2.34. The van der Waals surface area contributed by atoms with Crippen molar-refractivity contribution in [3.05, 3.63) is 58.9 Å². The summed E-state index contributed by atoms with van der Waals surface area (Å²) in [6.45, 7) is 15.1. The minimum atomic E-state index is -0.103. The van der Waals surface area contributed by atoms with Gasteiger partial charge in [-0.3, -0.25) is 9.98 Å². The van der Waals surface area contributed by atoms with Crippen LogP contribution in [-0.4, -0.2) is 23.0 Å². The lowest BCUT2D eigenvalue weighted by molar-refractivity contribution is 0.586. The normalized spacial score (nSPS) is 12.8. The molecular weight excluding hydrogens is 318 g/mol. The number of nitrogens with zero attached hydrogens (tertiary/aromatic N) is 3. The number of pyridine rings is 1. The second kappa shape index (κ2) is 8.39. The van der Waals surface area contributed by atoms with Gasteiger partial charge in [0.05, 0.1) is 28.8 Å². The maximum absolute atomic E-state index is 4.84. The molecule has 0 N–H and O–H groups in total. The zero-order chi connectivity index (χ0) is 19.3. The largest absolute Gasteiger partial charge is 0.285 e. The summed E-state index contributed by atoms with van der Waals surface area (Å²) in [7, 11) is 0. The molecule has 0 atom stereocenters. The maximum Gasteiger partial charge on any atom is 0.0820 e. The molecule has 3 heteroatoms. The molecule has 0 aliphatic carbocycles. The van der Waals surface area contributed by atoms with Crippen molar-refractivity contribution >= 4 is 18.1 Å². The van der Waals surface area contributed by atoms with Gasteiger partial charge in [0.2, 0.25) is 0 Å². The molecule has 0 saturated heterocycles. The zero-order valence-electron chi connectivity index (χ0n) is 17.1. The van der Waals surface area contributed by atoms with E-state index in [2.05, 4.69) is 76.6 Å². The van der Waals surface area contributed by atoms with Gasteiger partial charge >= 0.3 is 0 Å². The summed E-state index contributed by atoms with van der Waals surface area (Å²) in [6, 6.07) is 12.4. The van der Waals surface area contributed by atoms with Crippen molar-refractivity contribution in [3.8, 4) is 0 Å². The zero-order valence-corrected chi connectivity index (χ0v) is 17.1. The summed E-state index contributed by atoms with van der Waals surface area (Å²) < 4.78 is 0. The van der Waals surface area contributed by atoms with Gasteiger partial charge in [0.15, 0.2) is 0 Å². The average Bonchev–Trinajstić information content (AvgIpc) is 2.57. The molecule has 3 nitrogen and oxygen atoms in total. The van der Waals surface area contributed by atoms with Crippen molar-refractivity contribution in [3.63, 3.8) is 0 Å². The van der Waals surface area contributed by atoms with Crippen LogP contribution in [0.5, 0.6) is 0 Å². The molecule has 0 bridgehead atoms. The lowest BCUT2D eigenvalue weighted by atomic mass is 9.93. The lowest BCUT2D eigenvalue weighted by Crippen LogP contribution is -2.10. The van der Waals surface area contributed by atoms with E-state index in [9.17, 15) is 0 Å². The highest BCUT2D eigenvalue weighted by atomic mass is 14.8. The second-order valence-corrected chi connectivity index (χ2v) is 8.27. The third-order valence-corrected chi connectivity index (χ3v) is 4.04. The van der Waals surface area contributed by atoms with Crippen LogP contribution in [0.3, 0.4) is 0 Å². The first-order chi connectivity index (χ1) is 12.2. The molecule has 0 unspecified atom stereocenters. The van der Waals surface area contributed by atoms with E-state index in [1.807, 2.05) is 30.6 Å². The number of hydrogen-bond donors (Lipinski definition) is 0. The number of benzene rings is 1. The Hall–Kier alpha value is -2.29. The Balaban J connectivity index is 2.37. The Morgan fingerprint density at radius 2 is 1.31 bits per heavy atom. The molecule has 138 valence electrons. The number of aromatic nitrogens is 1. The van der Waals surface area contributed by atoms with Crippen LogP contribution in [0.4, 0.5) is 5.69 Å². The van der Waals surface area contributed by atoms with Crippen molar-refractivity contribution in [1.82, 2.24) is 4.98 Å². The van der Waals surface area contributed by atoms with Crippen LogP contribution in [0.1, 0.15) is 82.8 Å². The summed E-state index contributed by atoms with van der Waals surface area (Å²) in [5, 5.41) is 0.